The fourth-order valence-electron chi connectivity index (χ4n) is 8.05. The lowest BCUT2D eigenvalue weighted by Gasteiger charge is -2.27. The van der Waals surface area contributed by atoms with Crippen LogP contribution in [-0.2, 0) is 51.2 Å². The molecule has 3 aromatic rings. The molecule has 3 aromatic carbocycles. The largest absolute Gasteiger partial charge is 0.480 e. The minimum atomic E-state index is -1.29. The van der Waals surface area contributed by atoms with Gasteiger partial charge in [-0.15, -0.1) is 0 Å². The van der Waals surface area contributed by atoms with Gasteiger partial charge in [0.15, 0.2) is 0 Å². The molecule has 0 aromatic heterocycles. The molecule has 11 N–H and O–H groups in total. The van der Waals surface area contributed by atoms with Crippen molar-refractivity contribution in [3.8, 4) is 0 Å². The summed E-state index contributed by atoms with van der Waals surface area (Å²) in [5.41, 5.74) is 12.5. The van der Waals surface area contributed by atoms with Crippen molar-refractivity contribution in [3.63, 3.8) is 0 Å². The molecule has 6 atom stereocenters. The molecule has 0 saturated heterocycles. The minimum absolute atomic E-state index is 0.0170. The number of carbonyl (C=O) groups excluding carboxylic acids is 7. The first-order valence-electron chi connectivity index (χ1n) is 24.4. The number of benzene rings is 3. The lowest BCUT2D eigenvalue weighted by atomic mass is 9.99. The number of amides is 7. The smallest absolute Gasteiger partial charge is 0.326 e. The summed E-state index contributed by atoms with van der Waals surface area (Å²) in [7, 11) is 0. The Morgan fingerprint density at radius 2 is 0.986 bits per heavy atom. The summed E-state index contributed by atoms with van der Waals surface area (Å²) < 4.78 is 0. The Kier molecular flexibility index (Phi) is 25.5. The number of primary amides is 2. The zero-order valence-electron chi connectivity index (χ0n) is 40.5. The van der Waals surface area contributed by atoms with Crippen molar-refractivity contribution in [1.82, 2.24) is 26.6 Å². The molecule has 1 unspecified atom stereocenters. The Morgan fingerprint density at radius 1 is 0.507 bits per heavy atom. The van der Waals surface area contributed by atoms with Gasteiger partial charge in [0.1, 0.15) is 30.2 Å². The molecule has 0 aliphatic heterocycles. The maximum absolute atomic E-state index is 13.5. The van der Waals surface area contributed by atoms with E-state index in [1.165, 1.54) is 6.92 Å². The summed E-state index contributed by atoms with van der Waals surface area (Å²) >= 11 is 0. The van der Waals surface area contributed by atoms with E-state index in [2.05, 4.69) is 26.6 Å². The average Bonchev–Trinajstić information content (AvgIpc) is 3.29. The first kappa shape index (κ1) is 57.0. The number of unbranched alkanes of at least 4 members (excludes halogenated alkanes) is 11. The van der Waals surface area contributed by atoms with Gasteiger partial charge < -0.3 is 48.3 Å². The predicted octanol–water partition coefficient (Wildman–Crippen LogP) is 4.38. The molecule has 69 heavy (non-hydrogen) atoms. The van der Waals surface area contributed by atoms with Crippen molar-refractivity contribution >= 4 is 58.1 Å². The third-order valence-electron chi connectivity index (χ3n) is 11.8. The van der Waals surface area contributed by atoms with Gasteiger partial charge in [-0.3, -0.25) is 33.6 Å². The molecule has 0 spiro atoms. The molecule has 7 amide bonds. The van der Waals surface area contributed by atoms with Crippen molar-refractivity contribution in [2.24, 2.45) is 17.4 Å². The van der Waals surface area contributed by atoms with Gasteiger partial charge in [-0.05, 0) is 54.0 Å². The number of hydrogen-bond acceptors (Lipinski definition) is 9. The van der Waals surface area contributed by atoms with Crippen LogP contribution in [0.4, 0.5) is 0 Å². The molecule has 17 nitrogen and oxygen atoms in total. The Morgan fingerprint density at radius 3 is 1.51 bits per heavy atom. The zero-order valence-corrected chi connectivity index (χ0v) is 40.5. The first-order valence-corrected chi connectivity index (χ1v) is 24.4. The monoisotopic (exact) mass is 958 g/mol. The second-order valence-corrected chi connectivity index (χ2v) is 18.4. The predicted molar refractivity (Wildman–Crippen MR) is 264 cm³/mol. The van der Waals surface area contributed by atoms with Crippen LogP contribution in [0.1, 0.15) is 135 Å². The number of nitrogens with two attached hydrogens (primary N) is 2. The highest BCUT2D eigenvalue weighted by Gasteiger charge is 2.32. The molecule has 0 bridgehead atoms. The quantitative estimate of drug-likeness (QED) is 0.0381. The number of aliphatic hydroxyl groups is 1. The number of carboxylic acid groups (broad SMARTS) is 1. The molecule has 0 radical (unpaired) electrons. The van der Waals surface area contributed by atoms with Crippen LogP contribution < -0.4 is 38.1 Å². The lowest BCUT2D eigenvalue weighted by Crippen LogP contribution is -2.59. The number of hydrogen-bond donors (Lipinski definition) is 9. The van der Waals surface area contributed by atoms with Crippen molar-refractivity contribution < 1.29 is 48.6 Å². The van der Waals surface area contributed by atoms with Gasteiger partial charge >= 0.3 is 5.97 Å². The van der Waals surface area contributed by atoms with Gasteiger partial charge in [0.2, 0.25) is 41.4 Å². The number of fused-ring (bicyclic) bond motifs is 1. The van der Waals surface area contributed by atoms with Gasteiger partial charge in [-0.25, -0.2) is 4.79 Å². The van der Waals surface area contributed by atoms with E-state index in [-0.39, 0.29) is 43.9 Å². The van der Waals surface area contributed by atoms with E-state index in [9.17, 15) is 48.6 Å². The molecule has 0 heterocycles. The van der Waals surface area contributed by atoms with E-state index in [4.69, 9.17) is 11.5 Å². The van der Waals surface area contributed by atoms with Crippen LogP contribution in [0.15, 0.2) is 72.8 Å². The standard InChI is InChI=1S/C52H75N7O10/c1-34(2)29-41(49(65)56-40(48(54)64)32-37-27-28-38-23-19-20-24-39(38)30-37)57-51(67)47(35(3)60)59-46(63)26-18-13-11-9-7-5-4-6-8-10-12-17-25-45(62)55-42(33-44(53)61)50(66)58-43(52(68)69)31-36-21-15-14-16-22-36/h14-16,19-24,27-28,30,34-35,40-43,47,60H,4-13,17-18,25-26,29,31-33H2,1-3H3,(H2,53,61)(H2,54,64)(H,55,62)(H,56,65)(H,57,67)(H,58,66)(H,59,63)(H,68,69)/t35?,40-,41-,42-,43-,47-/m0/s1. The van der Waals surface area contributed by atoms with E-state index in [1.54, 1.807) is 30.3 Å². The normalized spacial score (nSPS) is 13.8. The summed E-state index contributed by atoms with van der Waals surface area (Å²) in [6.45, 7) is 5.16. The molecule has 3 rings (SSSR count). The van der Waals surface area contributed by atoms with E-state index in [0.717, 1.165) is 80.5 Å². The van der Waals surface area contributed by atoms with Crippen LogP contribution in [0, 0.1) is 5.92 Å². The zero-order chi connectivity index (χ0) is 50.7. The van der Waals surface area contributed by atoms with Gasteiger partial charge in [0.25, 0.3) is 0 Å². The summed E-state index contributed by atoms with van der Waals surface area (Å²) in [5.74, 6) is -5.68. The number of aliphatic hydroxyl groups excluding tert-OH is 1. The molecule has 0 fully saturated rings. The average molecular weight is 958 g/mol. The van der Waals surface area contributed by atoms with E-state index >= 15 is 0 Å². The number of carbonyl (C=O) groups is 8. The molecule has 0 saturated carbocycles. The maximum atomic E-state index is 13.5. The molecular formula is C52H75N7O10. The highest BCUT2D eigenvalue weighted by molar-refractivity contribution is 5.95. The SMILES string of the molecule is CC(C)C[C@H](NC(=O)[C@@H](NC(=O)CCCCCCCCCCCCCCC(=O)N[C@@H](CC(N)=O)C(=O)N[C@@H](Cc1ccccc1)C(=O)O)C(C)O)C(=O)N[C@@H](Cc1ccc2ccccc2c1)C(N)=O. The third kappa shape index (κ3) is 22.5. The Bertz CT molecular complexity index is 2130. The van der Waals surface area contributed by atoms with Crippen molar-refractivity contribution in [1.29, 1.82) is 0 Å². The van der Waals surface area contributed by atoms with Crippen LogP contribution in [-0.4, -0.2) is 93.8 Å². The van der Waals surface area contributed by atoms with Crippen LogP contribution in [0.5, 0.6) is 0 Å². The van der Waals surface area contributed by atoms with Crippen LogP contribution in [0.25, 0.3) is 10.8 Å². The summed E-state index contributed by atoms with van der Waals surface area (Å²) in [4.78, 5) is 101. The first-order chi connectivity index (χ1) is 32.9. The Balaban J connectivity index is 1.28. The van der Waals surface area contributed by atoms with Gasteiger partial charge in [0, 0.05) is 25.7 Å². The molecular weight excluding hydrogens is 883 g/mol. The van der Waals surface area contributed by atoms with E-state index < -0.39 is 84.1 Å². The third-order valence-corrected chi connectivity index (χ3v) is 11.8. The van der Waals surface area contributed by atoms with Crippen molar-refractivity contribution in [2.45, 2.75) is 173 Å². The highest BCUT2D eigenvalue weighted by atomic mass is 16.4. The van der Waals surface area contributed by atoms with E-state index in [0.29, 0.717) is 18.4 Å². The Labute approximate surface area is 406 Å². The van der Waals surface area contributed by atoms with E-state index in [1.807, 2.05) is 56.3 Å². The summed E-state index contributed by atoms with van der Waals surface area (Å²) in [6.07, 6.45) is 10.1. The van der Waals surface area contributed by atoms with Gasteiger partial charge in [0.05, 0.1) is 12.5 Å². The molecule has 0 aliphatic rings. The highest BCUT2D eigenvalue weighted by Crippen LogP contribution is 2.18. The van der Waals surface area contributed by atoms with Gasteiger partial charge in [-0.1, -0.05) is 151 Å². The maximum Gasteiger partial charge on any atom is 0.326 e. The summed E-state index contributed by atoms with van der Waals surface area (Å²) in [6, 6.07) is 16.4. The second kappa shape index (κ2) is 30.9. The molecule has 378 valence electrons. The fourth-order valence-corrected chi connectivity index (χ4v) is 8.05. The minimum Gasteiger partial charge on any atom is -0.480 e. The van der Waals surface area contributed by atoms with Crippen LogP contribution >= 0.6 is 0 Å². The number of carboxylic acids is 1. The van der Waals surface area contributed by atoms with Crippen molar-refractivity contribution in [3.05, 3.63) is 83.9 Å². The number of nitrogens with one attached hydrogen (secondary N) is 5. The topological polar surface area (TPSA) is 289 Å². The van der Waals surface area contributed by atoms with Crippen LogP contribution in [0.2, 0.25) is 0 Å². The molecule has 17 heteroatoms. The molecule has 0 aliphatic carbocycles. The second-order valence-electron chi connectivity index (χ2n) is 18.4. The fraction of sp³-hybridized carbons (Fsp3) is 0.538. The summed E-state index contributed by atoms with van der Waals surface area (Å²) in [5, 5.41) is 35.1. The number of aliphatic carboxylic acids is 1. The van der Waals surface area contributed by atoms with Crippen molar-refractivity contribution in [2.75, 3.05) is 0 Å². The van der Waals surface area contributed by atoms with Gasteiger partial charge in [-0.2, -0.15) is 0 Å². The Hall–Kier alpha value is -6.36. The number of rotatable bonds is 34. The lowest BCUT2D eigenvalue weighted by molar-refractivity contribution is -0.142. The van der Waals surface area contributed by atoms with Crippen LogP contribution in [0.3, 0.4) is 0 Å².